The van der Waals surface area contributed by atoms with E-state index in [1.165, 1.54) is 37.4 Å². The minimum absolute atomic E-state index is 0.0210. The van der Waals surface area contributed by atoms with Crippen molar-refractivity contribution >= 4 is 26.7 Å². The lowest BCUT2D eigenvalue weighted by Gasteiger charge is -2.37. The number of likely N-dealkylation sites (tertiary alicyclic amines) is 2. The molecule has 1 aromatic heterocycles. The Labute approximate surface area is 236 Å². The van der Waals surface area contributed by atoms with E-state index in [0.717, 1.165) is 37.8 Å². The van der Waals surface area contributed by atoms with Crippen molar-refractivity contribution in [2.24, 2.45) is 0 Å². The molecule has 2 aromatic carbocycles. The van der Waals surface area contributed by atoms with E-state index in [9.17, 15) is 30.8 Å². The lowest BCUT2D eigenvalue weighted by molar-refractivity contribution is -0.137. The summed E-state index contributed by atoms with van der Waals surface area (Å²) in [6, 6.07) is 9.15. The summed E-state index contributed by atoms with van der Waals surface area (Å²) >= 11 is 0. The van der Waals surface area contributed by atoms with Gasteiger partial charge in [-0.1, -0.05) is 12.1 Å². The molecule has 3 aromatic rings. The molecule has 0 spiro atoms. The highest BCUT2D eigenvalue weighted by Gasteiger charge is 2.33. The van der Waals surface area contributed by atoms with Gasteiger partial charge >= 0.3 is 12.1 Å². The van der Waals surface area contributed by atoms with Crippen LogP contribution in [0, 0.1) is 0 Å². The average molecular weight is 594 g/mol. The van der Waals surface area contributed by atoms with Gasteiger partial charge in [0.1, 0.15) is 6.17 Å². The van der Waals surface area contributed by atoms with Gasteiger partial charge in [-0.25, -0.2) is 22.6 Å². The molecule has 3 heterocycles. The topological polar surface area (TPSA) is 79.8 Å². The highest BCUT2D eigenvalue weighted by Crippen LogP contribution is 2.37. The van der Waals surface area contributed by atoms with Crippen LogP contribution in [0.25, 0.3) is 22.2 Å². The Morgan fingerprint density at radius 2 is 1.80 bits per heavy atom. The monoisotopic (exact) mass is 593 g/mol. The van der Waals surface area contributed by atoms with Crippen molar-refractivity contribution in [1.29, 1.82) is 0 Å². The van der Waals surface area contributed by atoms with E-state index in [-0.39, 0.29) is 45.2 Å². The molecule has 0 saturated carbocycles. The Morgan fingerprint density at radius 3 is 2.41 bits per heavy atom. The van der Waals surface area contributed by atoms with E-state index >= 15 is 0 Å². The molecule has 0 bridgehead atoms. The molecule has 12 heteroatoms. The molecule has 0 amide bonds. The van der Waals surface area contributed by atoms with Gasteiger partial charge in [0.2, 0.25) is 0 Å². The number of sulfone groups is 1. The number of aromatic nitrogens is 1. The second kappa shape index (κ2) is 11.3. The number of pyridine rings is 1. The summed E-state index contributed by atoms with van der Waals surface area (Å²) in [5.41, 5.74) is 0.193. The third-order valence-electron chi connectivity index (χ3n) is 7.96. The van der Waals surface area contributed by atoms with Gasteiger partial charge in [-0.3, -0.25) is 9.80 Å². The van der Waals surface area contributed by atoms with Crippen LogP contribution in [0.2, 0.25) is 0 Å². The first-order valence-corrected chi connectivity index (χ1v) is 15.3. The second-order valence-electron chi connectivity index (χ2n) is 10.7. The van der Waals surface area contributed by atoms with Crippen LogP contribution < -0.4 is 0 Å². The molecule has 0 radical (unpaired) electrons. The zero-order valence-corrected chi connectivity index (χ0v) is 23.6. The van der Waals surface area contributed by atoms with Gasteiger partial charge in [0.25, 0.3) is 0 Å². The van der Waals surface area contributed by atoms with Crippen LogP contribution in [-0.4, -0.2) is 80.9 Å². The van der Waals surface area contributed by atoms with Crippen molar-refractivity contribution in [1.82, 2.24) is 14.8 Å². The van der Waals surface area contributed by atoms with Gasteiger partial charge < -0.3 is 4.74 Å². The first-order valence-electron chi connectivity index (χ1n) is 13.4. The normalized spacial score (nSPS) is 19.6. The maximum atomic E-state index is 13.8. The smallest absolute Gasteiger partial charge is 0.416 e. The van der Waals surface area contributed by atoms with Crippen LogP contribution in [0.15, 0.2) is 47.4 Å². The van der Waals surface area contributed by atoms with Crippen molar-refractivity contribution in [3.8, 4) is 11.3 Å². The van der Waals surface area contributed by atoms with Gasteiger partial charge in [0, 0.05) is 48.4 Å². The van der Waals surface area contributed by atoms with Crippen LogP contribution >= 0.6 is 0 Å². The Balaban J connectivity index is 1.62. The molecule has 2 fully saturated rings. The van der Waals surface area contributed by atoms with Gasteiger partial charge in [0.05, 0.1) is 34.3 Å². The molecule has 2 saturated heterocycles. The first-order chi connectivity index (χ1) is 19.3. The predicted octanol–water partition coefficient (Wildman–Crippen LogP) is 5.12. The molecular formula is C29H31F4N3O4S. The summed E-state index contributed by atoms with van der Waals surface area (Å²) in [5.74, 6) is -0.743. The van der Waals surface area contributed by atoms with Crippen molar-refractivity contribution in [3.63, 3.8) is 0 Å². The van der Waals surface area contributed by atoms with E-state index in [1.807, 2.05) is 0 Å². The summed E-state index contributed by atoms with van der Waals surface area (Å²) in [5, 5.41) is 0.242. The molecule has 0 aliphatic carbocycles. The first kappa shape index (κ1) is 29.4. The third-order valence-corrected chi connectivity index (χ3v) is 9.07. The van der Waals surface area contributed by atoms with E-state index < -0.39 is 33.7 Å². The Kier molecular flexibility index (Phi) is 8.10. The van der Waals surface area contributed by atoms with Gasteiger partial charge in [0.15, 0.2) is 9.84 Å². The van der Waals surface area contributed by atoms with Gasteiger partial charge in [-0.2, -0.15) is 13.2 Å². The van der Waals surface area contributed by atoms with Crippen molar-refractivity contribution < 1.29 is 35.5 Å². The molecule has 1 unspecified atom stereocenters. The fourth-order valence-corrected chi connectivity index (χ4v) is 6.47. The number of esters is 1. The summed E-state index contributed by atoms with van der Waals surface area (Å²) in [4.78, 5) is 22.2. The van der Waals surface area contributed by atoms with E-state index in [2.05, 4.69) is 14.8 Å². The molecule has 5 rings (SSSR count). The number of methoxy groups -OCH3 is 1. The van der Waals surface area contributed by atoms with Crippen molar-refractivity contribution in [3.05, 3.63) is 59.2 Å². The average Bonchev–Trinajstić information content (AvgIpc) is 3.37. The second-order valence-corrected chi connectivity index (χ2v) is 12.7. The third kappa shape index (κ3) is 6.24. The van der Waals surface area contributed by atoms with E-state index in [4.69, 9.17) is 4.74 Å². The number of halogens is 4. The predicted molar refractivity (Wildman–Crippen MR) is 146 cm³/mol. The van der Waals surface area contributed by atoms with Crippen LogP contribution in [0.3, 0.4) is 0 Å². The molecule has 220 valence electrons. The number of hydrogen-bond acceptors (Lipinski definition) is 7. The summed E-state index contributed by atoms with van der Waals surface area (Å²) in [7, 11) is -2.44. The van der Waals surface area contributed by atoms with Crippen LogP contribution in [0.1, 0.15) is 40.7 Å². The number of hydrogen-bond donors (Lipinski definition) is 0. The summed E-state index contributed by atoms with van der Waals surface area (Å²) in [6.07, 6.45) is -2.27. The number of piperidine rings is 1. The maximum absolute atomic E-state index is 13.8. The SMILES string of the molecule is COC(=O)c1c(CN2CCC(N3CCC(F)C3)CC2)c(-c2cccc(C(F)(F)F)c2)nc2ccc(S(C)(=O)=O)cc12. The standard InChI is InChI=1S/C29H31F4N3O4S/c1-40-28(37)26-23-15-22(41(2,38)39)6-7-25(23)34-27(18-4-3-5-19(14-18)29(31,32)33)24(26)17-35-11-9-21(10-12-35)36-13-8-20(30)16-36/h3-7,14-15,20-21H,8-13,16-17H2,1-2H3. The van der Waals surface area contributed by atoms with Crippen molar-refractivity contribution in [2.45, 2.75) is 49.1 Å². The number of alkyl halides is 4. The minimum Gasteiger partial charge on any atom is -0.465 e. The highest BCUT2D eigenvalue weighted by molar-refractivity contribution is 7.90. The van der Waals surface area contributed by atoms with Crippen molar-refractivity contribution in [2.75, 3.05) is 39.5 Å². The summed E-state index contributed by atoms with van der Waals surface area (Å²) < 4.78 is 84.4. The fourth-order valence-electron chi connectivity index (χ4n) is 5.82. The number of nitrogens with zero attached hydrogens (tertiary/aromatic N) is 3. The van der Waals surface area contributed by atoms with Crippen LogP contribution in [0.5, 0.6) is 0 Å². The van der Waals surface area contributed by atoms with Crippen LogP contribution in [-0.2, 0) is 27.3 Å². The minimum atomic E-state index is -4.58. The van der Waals surface area contributed by atoms with Gasteiger partial charge in [-0.05, 0) is 62.7 Å². The van der Waals surface area contributed by atoms with Gasteiger partial charge in [-0.15, -0.1) is 0 Å². The molecule has 2 aliphatic rings. The zero-order valence-electron chi connectivity index (χ0n) is 22.7. The number of benzene rings is 2. The Hall–Kier alpha value is -3.09. The lowest BCUT2D eigenvalue weighted by Crippen LogP contribution is -2.44. The maximum Gasteiger partial charge on any atom is 0.416 e. The molecule has 2 aliphatic heterocycles. The fraction of sp³-hybridized carbons (Fsp3) is 0.448. The van der Waals surface area contributed by atoms with E-state index in [1.54, 1.807) is 0 Å². The quantitative estimate of drug-likeness (QED) is 0.290. The number of fused-ring (bicyclic) bond motifs is 1. The molecule has 41 heavy (non-hydrogen) atoms. The largest absolute Gasteiger partial charge is 0.465 e. The molecular weight excluding hydrogens is 562 g/mol. The molecule has 0 N–H and O–H groups in total. The Morgan fingerprint density at radius 1 is 1.07 bits per heavy atom. The molecule has 7 nitrogen and oxygen atoms in total. The number of carbonyl (C=O) groups excluding carboxylic acids is 1. The highest BCUT2D eigenvalue weighted by atomic mass is 32.2. The summed E-state index contributed by atoms with van der Waals surface area (Å²) in [6.45, 7) is 2.58. The number of carbonyl (C=O) groups is 1. The van der Waals surface area contributed by atoms with E-state index in [0.29, 0.717) is 31.6 Å². The number of ether oxygens (including phenoxy) is 1. The van der Waals surface area contributed by atoms with Crippen LogP contribution in [0.4, 0.5) is 17.6 Å². The lowest BCUT2D eigenvalue weighted by atomic mass is 9.94. The number of rotatable bonds is 6. The molecule has 1 atom stereocenters. The zero-order chi connectivity index (χ0) is 29.5. The Bertz CT molecular complexity index is 1570.